The lowest BCUT2D eigenvalue weighted by Gasteiger charge is -2.33. The lowest BCUT2D eigenvalue weighted by molar-refractivity contribution is -0.00576. The summed E-state index contributed by atoms with van der Waals surface area (Å²) in [6.45, 7) is 1.20. The molecular formula is C17H16ClN5O3. The van der Waals surface area contributed by atoms with Crippen LogP contribution in [0.2, 0.25) is 5.02 Å². The number of benzene rings is 1. The molecule has 134 valence electrons. The molecule has 2 aromatic heterocycles. The summed E-state index contributed by atoms with van der Waals surface area (Å²) in [5, 5.41) is 8.65. The molecule has 1 aliphatic rings. The van der Waals surface area contributed by atoms with Gasteiger partial charge >= 0.3 is 0 Å². The predicted molar refractivity (Wildman–Crippen MR) is 92.5 cm³/mol. The lowest BCUT2D eigenvalue weighted by Crippen LogP contribution is -2.43. The quantitative estimate of drug-likeness (QED) is 0.700. The third-order valence-electron chi connectivity index (χ3n) is 4.15. The Hall–Kier alpha value is -2.71. The molecule has 0 aliphatic carbocycles. The van der Waals surface area contributed by atoms with Gasteiger partial charge in [-0.3, -0.25) is 9.48 Å². The van der Waals surface area contributed by atoms with Crippen molar-refractivity contribution in [2.75, 3.05) is 19.8 Å². The van der Waals surface area contributed by atoms with E-state index in [4.69, 9.17) is 20.9 Å². The number of carbonyl (C=O) groups excluding carboxylic acids is 1. The van der Waals surface area contributed by atoms with E-state index < -0.39 is 6.04 Å². The molecule has 0 saturated carbocycles. The van der Waals surface area contributed by atoms with Gasteiger partial charge in [0.2, 0.25) is 0 Å². The molecule has 1 aliphatic heterocycles. The lowest BCUT2D eigenvalue weighted by atomic mass is 10.1. The van der Waals surface area contributed by atoms with Crippen LogP contribution in [0.4, 0.5) is 0 Å². The maximum atomic E-state index is 12.9. The van der Waals surface area contributed by atoms with Crippen LogP contribution >= 0.6 is 11.6 Å². The molecule has 0 unspecified atom stereocenters. The van der Waals surface area contributed by atoms with Crippen molar-refractivity contribution in [1.82, 2.24) is 24.8 Å². The highest BCUT2D eigenvalue weighted by Gasteiger charge is 2.33. The highest BCUT2D eigenvalue weighted by atomic mass is 35.5. The van der Waals surface area contributed by atoms with Gasteiger partial charge in [-0.1, -0.05) is 22.8 Å². The van der Waals surface area contributed by atoms with Crippen LogP contribution in [0.3, 0.4) is 0 Å². The first-order chi connectivity index (χ1) is 12.6. The van der Waals surface area contributed by atoms with Gasteiger partial charge in [-0.05, 0) is 18.2 Å². The summed E-state index contributed by atoms with van der Waals surface area (Å²) in [4.78, 5) is 19.0. The summed E-state index contributed by atoms with van der Waals surface area (Å²) in [5.41, 5.74) is 1.23. The molecule has 26 heavy (non-hydrogen) atoms. The monoisotopic (exact) mass is 373 g/mol. The Labute approximate surface area is 154 Å². The molecule has 9 heteroatoms. The fraction of sp³-hybridized carbons (Fsp3) is 0.294. The number of hydrogen-bond acceptors (Lipinski definition) is 6. The molecule has 0 N–H and O–H groups in total. The van der Waals surface area contributed by atoms with Crippen molar-refractivity contribution in [1.29, 1.82) is 0 Å². The second kappa shape index (κ2) is 6.89. The second-order valence-electron chi connectivity index (χ2n) is 5.96. The van der Waals surface area contributed by atoms with E-state index in [1.165, 1.54) is 0 Å². The van der Waals surface area contributed by atoms with Gasteiger partial charge in [0.15, 0.2) is 5.82 Å². The van der Waals surface area contributed by atoms with E-state index >= 15 is 0 Å². The van der Waals surface area contributed by atoms with Crippen molar-refractivity contribution in [2.24, 2.45) is 7.05 Å². The number of aryl methyl sites for hydroxylation is 1. The maximum Gasteiger partial charge on any atom is 0.261 e. The van der Waals surface area contributed by atoms with Gasteiger partial charge in [0.1, 0.15) is 6.04 Å². The first-order valence-electron chi connectivity index (χ1n) is 8.09. The van der Waals surface area contributed by atoms with Gasteiger partial charge in [0.25, 0.3) is 11.8 Å². The number of nitrogens with zero attached hydrogens (tertiary/aromatic N) is 5. The normalized spacial score (nSPS) is 17.5. The first kappa shape index (κ1) is 16.7. The Kier molecular flexibility index (Phi) is 4.44. The molecule has 0 bridgehead atoms. The van der Waals surface area contributed by atoms with Crippen LogP contribution in [0.15, 0.2) is 41.2 Å². The van der Waals surface area contributed by atoms with E-state index in [2.05, 4.69) is 15.2 Å². The van der Waals surface area contributed by atoms with Crippen molar-refractivity contribution >= 4 is 17.5 Å². The van der Waals surface area contributed by atoms with Gasteiger partial charge in [-0.25, -0.2) is 0 Å². The van der Waals surface area contributed by atoms with E-state index in [-0.39, 0.29) is 5.91 Å². The summed E-state index contributed by atoms with van der Waals surface area (Å²) in [6.07, 6.45) is 3.42. The minimum atomic E-state index is -0.426. The van der Waals surface area contributed by atoms with Crippen molar-refractivity contribution in [3.8, 4) is 11.5 Å². The van der Waals surface area contributed by atoms with Crippen LogP contribution < -0.4 is 0 Å². The minimum Gasteiger partial charge on any atom is -0.377 e. The molecule has 1 saturated heterocycles. The predicted octanol–water partition coefficient (Wildman–Crippen LogP) is 2.34. The van der Waals surface area contributed by atoms with Crippen LogP contribution in [0.1, 0.15) is 22.2 Å². The molecule has 8 nitrogen and oxygen atoms in total. The third kappa shape index (κ3) is 3.21. The highest BCUT2D eigenvalue weighted by Crippen LogP contribution is 2.27. The van der Waals surface area contributed by atoms with Crippen molar-refractivity contribution in [3.63, 3.8) is 0 Å². The molecule has 1 aromatic carbocycles. The standard InChI is InChI=1S/C17H16ClN5O3/c1-22-9-12(8-19-22)16-20-15(21-26-16)14-10-25-6-5-23(14)17(24)11-3-2-4-13(18)7-11/h2-4,7-9,14H,5-6,10H2,1H3/t14-/m0/s1. The topological polar surface area (TPSA) is 86.3 Å². The average Bonchev–Trinajstić information content (AvgIpc) is 3.30. The maximum absolute atomic E-state index is 12.9. The third-order valence-corrected chi connectivity index (χ3v) is 4.39. The van der Waals surface area contributed by atoms with Crippen LogP contribution in [-0.4, -0.2) is 50.5 Å². The summed E-state index contributed by atoms with van der Waals surface area (Å²) in [6, 6.07) is 6.43. The number of rotatable bonds is 3. The zero-order valence-corrected chi connectivity index (χ0v) is 14.8. The van der Waals surface area contributed by atoms with E-state index in [0.29, 0.717) is 42.1 Å². The number of amides is 1. The molecule has 3 heterocycles. The number of carbonyl (C=O) groups is 1. The average molecular weight is 374 g/mol. The molecule has 1 amide bonds. The Morgan fingerprint density at radius 2 is 2.27 bits per heavy atom. The first-order valence-corrected chi connectivity index (χ1v) is 8.46. The minimum absolute atomic E-state index is 0.145. The van der Waals surface area contributed by atoms with Gasteiger partial charge in [0.05, 0.1) is 25.0 Å². The van der Waals surface area contributed by atoms with Gasteiger partial charge < -0.3 is 14.2 Å². The molecular weight excluding hydrogens is 358 g/mol. The largest absolute Gasteiger partial charge is 0.377 e. The Balaban J connectivity index is 1.62. The van der Waals surface area contributed by atoms with Crippen molar-refractivity contribution in [2.45, 2.75) is 6.04 Å². The number of morpholine rings is 1. The number of halogens is 1. The zero-order valence-electron chi connectivity index (χ0n) is 14.0. The van der Waals surface area contributed by atoms with E-state index in [1.807, 2.05) is 0 Å². The molecule has 4 rings (SSSR count). The van der Waals surface area contributed by atoms with Crippen LogP contribution in [0.25, 0.3) is 11.5 Å². The van der Waals surface area contributed by atoms with Gasteiger partial charge in [-0.2, -0.15) is 10.1 Å². The zero-order chi connectivity index (χ0) is 18.1. The van der Waals surface area contributed by atoms with Gasteiger partial charge in [0, 0.05) is 30.4 Å². The SMILES string of the molecule is Cn1cc(-c2nc([C@@H]3COCCN3C(=O)c3cccc(Cl)c3)no2)cn1. The summed E-state index contributed by atoms with van der Waals surface area (Å²) in [5.74, 6) is 0.612. The number of aromatic nitrogens is 4. The number of hydrogen-bond donors (Lipinski definition) is 0. The van der Waals surface area contributed by atoms with E-state index in [1.54, 1.807) is 53.3 Å². The fourth-order valence-corrected chi connectivity index (χ4v) is 3.06. The molecule has 0 spiro atoms. The Morgan fingerprint density at radius 3 is 3.04 bits per heavy atom. The molecule has 1 atom stereocenters. The highest BCUT2D eigenvalue weighted by molar-refractivity contribution is 6.30. The van der Waals surface area contributed by atoms with Crippen molar-refractivity contribution < 1.29 is 14.1 Å². The van der Waals surface area contributed by atoms with Crippen LogP contribution in [0.5, 0.6) is 0 Å². The smallest absolute Gasteiger partial charge is 0.261 e. The van der Waals surface area contributed by atoms with Gasteiger partial charge in [-0.15, -0.1) is 0 Å². The van der Waals surface area contributed by atoms with Crippen LogP contribution in [0, 0.1) is 0 Å². The Morgan fingerprint density at radius 1 is 1.38 bits per heavy atom. The fourth-order valence-electron chi connectivity index (χ4n) is 2.87. The summed E-state index contributed by atoms with van der Waals surface area (Å²) in [7, 11) is 1.81. The summed E-state index contributed by atoms with van der Waals surface area (Å²) >= 11 is 6.01. The molecule has 1 fully saturated rings. The molecule has 0 radical (unpaired) electrons. The summed E-state index contributed by atoms with van der Waals surface area (Å²) < 4.78 is 12.5. The molecule has 3 aromatic rings. The van der Waals surface area contributed by atoms with Crippen molar-refractivity contribution in [3.05, 3.63) is 53.1 Å². The van der Waals surface area contributed by atoms with E-state index in [9.17, 15) is 4.79 Å². The Bertz CT molecular complexity index is 938. The van der Waals surface area contributed by atoms with E-state index in [0.717, 1.165) is 5.56 Å². The second-order valence-corrected chi connectivity index (χ2v) is 6.40. The van der Waals surface area contributed by atoms with Crippen LogP contribution in [-0.2, 0) is 11.8 Å². The number of ether oxygens (including phenoxy) is 1.